The van der Waals surface area contributed by atoms with Gasteiger partial charge in [-0.3, -0.25) is 0 Å². The zero-order chi connectivity index (χ0) is 16.5. The summed E-state index contributed by atoms with van der Waals surface area (Å²) >= 11 is 0. The zero-order valence-electron chi connectivity index (χ0n) is 13.7. The summed E-state index contributed by atoms with van der Waals surface area (Å²) in [5.41, 5.74) is 1.03. The number of rotatable bonds is 9. The first-order chi connectivity index (χ1) is 10.4. The Labute approximate surface area is 132 Å². The molecule has 0 bridgehead atoms. The maximum Gasteiger partial charge on any atom is 0.334 e. The van der Waals surface area contributed by atoms with E-state index in [4.69, 9.17) is 9.47 Å². The van der Waals surface area contributed by atoms with Gasteiger partial charge in [0.25, 0.3) is 0 Å². The van der Waals surface area contributed by atoms with Crippen LogP contribution in [0.3, 0.4) is 0 Å². The van der Waals surface area contributed by atoms with E-state index in [0.717, 1.165) is 5.56 Å². The summed E-state index contributed by atoms with van der Waals surface area (Å²) in [6.07, 6.45) is 0.467. The molecule has 0 aliphatic rings. The molecule has 0 aliphatic carbocycles. The van der Waals surface area contributed by atoms with E-state index < -0.39 is 12.0 Å². The van der Waals surface area contributed by atoms with Gasteiger partial charge in [-0.15, -0.1) is 4.91 Å². The number of hydrogen-bond donors (Lipinski definition) is 0. The van der Waals surface area contributed by atoms with E-state index in [2.05, 4.69) is 5.18 Å². The third kappa shape index (κ3) is 6.35. The van der Waals surface area contributed by atoms with Crippen LogP contribution in [0.15, 0.2) is 35.5 Å². The maximum atomic E-state index is 11.8. The fraction of sp³-hybridized carbons (Fsp3) is 0.588. The largest absolute Gasteiger partial charge is 0.461 e. The van der Waals surface area contributed by atoms with Crippen molar-refractivity contribution in [3.8, 4) is 0 Å². The molecule has 2 atom stereocenters. The summed E-state index contributed by atoms with van der Waals surface area (Å²) in [5, 5.41) is 2.91. The molecule has 122 valence electrons. The summed E-state index contributed by atoms with van der Waals surface area (Å²) in [6, 6.07) is 8.78. The normalized spacial score (nSPS) is 13.9. The molecule has 0 fully saturated rings. The van der Waals surface area contributed by atoms with Gasteiger partial charge < -0.3 is 9.47 Å². The first kappa shape index (κ1) is 18.3. The molecule has 0 heterocycles. The van der Waals surface area contributed by atoms with Crippen LogP contribution in [0.1, 0.15) is 52.2 Å². The SMILES string of the molecule is CC(C)OC(=O)C(CCC(OC(C)C)c1ccccc1)N=O. The fourth-order valence-corrected chi connectivity index (χ4v) is 2.14. The molecule has 1 rings (SSSR count). The summed E-state index contributed by atoms with van der Waals surface area (Å²) in [7, 11) is 0. The van der Waals surface area contributed by atoms with Crippen LogP contribution >= 0.6 is 0 Å². The summed E-state index contributed by atoms with van der Waals surface area (Å²) < 4.78 is 10.9. The van der Waals surface area contributed by atoms with Gasteiger partial charge in [-0.2, -0.15) is 0 Å². The van der Waals surface area contributed by atoms with Crippen LogP contribution in [0.25, 0.3) is 0 Å². The van der Waals surface area contributed by atoms with Crippen LogP contribution in [-0.2, 0) is 14.3 Å². The molecule has 1 aromatic carbocycles. The average Bonchev–Trinajstić information content (AvgIpc) is 2.46. The standard InChI is InChI=1S/C17H25NO4/c1-12(2)21-16(14-8-6-5-7-9-14)11-10-15(18-20)17(19)22-13(3)4/h5-9,12-13,15-16H,10-11H2,1-4H3. The lowest BCUT2D eigenvalue weighted by atomic mass is 10.0. The van der Waals surface area contributed by atoms with Gasteiger partial charge in [-0.1, -0.05) is 35.5 Å². The number of ether oxygens (including phenoxy) is 2. The van der Waals surface area contributed by atoms with E-state index in [1.165, 1.54) is 0 Å². The third-order valence-corrected chi connectivity index (χ3v) is 3.06. The number of esters is 1. The van der Waals surface area contributed by atoms with Crippen molar-refractivity contribution in [3.63, 3.8) is 0 Å². The smallest absolute Gasteiger partial charge is 0.334 e. The predicted octanol–water partition coefficient (Wildman–Crippen LogP) is 4.02. The van der Waals surface area contributed by atoms with Gasteiger partial charge in [-0.25, -0.2) is 4.79 Å². The zero-order valence-corrected chi connectivity index (χ0v) is 13.7. The van der Waals surface area contributed by atoms with Crippen molar-refractivity contribution in [2.45, 2.75) is 64.9 Å². The number of benzene rings is 1. The first-order valence-corrected chi connectivity index (χ1v) is 7.67. The highest BCUT2D eigenvalue weighted by Gasteiger charge is 2.24. The van der Waals surface area contributed by atoms with Crippen molar-refractivity contribution in [2.24, 2.45) is 5.18 Å². The van der Waals surface area contributed by atoms with Crippen LogP contribution in [0.5, 0.6) is 0 Å². The molecule has 0 saturated carbocycles. The minimum atomic E-state index is -0.982. The lowest BCUT2D eigenvalue weighted by Gasteiger charge is -2.22. The van der Waals surface area contributed by atoms with Crippen molar-refractivity contribution < 1.29 is 14.3 Å². The van der Waals surface area contributed by atoms with Gasteiger partial charge in [0, 0.05) is 0 Å². The predicted molar refractivity (Wildman–Crippen MR) is 85.4 cm³/mol. The minimum Gasteiger partial charge on any atom is -0.461 e. The Balaban J connectivity index is 2.69. The van der Waals surface area contributed by atoms with Crippen LogP contribution in [-0.4, -0.2) is 24.2 Å². The monoisotopic (exact) mass is 307 g/mol. The summed E-state index contributed by atoms with van der Waals surface area (Å²) in [6.45, 7) is 7.40. The second-order valence-electron chi connectivity index (χ2n) is 5.77. The van der Waals surface area contributed by atoms with Crippen LogP contribution in [0.4, 0.5) is 0 Å². The molecular weight excluding hydrogens is 282 g/mol. The highest BCUT2D eigenvalue weighted by Crippen LogP contribution is 2.25. The quantitative estimate of drug-likeness (QED) is 0.510. The highest BCUT2D eigenvalue weighted by molar-refractivity contribution is 5.76. The Hall–Kier alpha value is -1.75. The van der Waals surface area contributed by atoms with Gasteiger partial charge in [0.1, 0.15) is 0 Å². The van der Waals surface area contributed by atoms with Gasteiger partial charge in [0.2, 0.25) is 0 Å². The lowest BCUT2D eigenvalue weighted by molar-refractivity contribution is -0.149. The van der Waals surface area contributed by atoms with Crippen molar-refractivity contribution in [3.05, 3.63) is 40.8 Å². The molecule has 0 aliphatic heterocycles. The number of nitroso groups, excluding NO2 is 1. The van der Waals surface area contributed by atoms with E-state index in [1.807, 2.05) is 44.2 Å². The topological polar surface area (TPSA) is 65.0 Å². The van der Waals surface area contributed by atoms with Crippen molar-refractivity contribution >= 4 is 5.97 Å². The van der Waals surface area contributed by atoms with Crippen molar-refractivity contribution in [1.82, 2.24) is 0 Å². The van der Waals surface area contributed by atoms with Gasteiger partial charge in [-0.05, 0) is 46.1 Å². The number of carbonyl (C=O) groups excluding carboxylic acids is 1. The Kier molecular flexibility index (Phi) is 7.74. The molecule has 2 unspecified atom stereocenters. The third-order valence-electron chi connectivity index (χ3n) is 3.06. The van der Waals surface area contributed by atoms with Crippen LogP contribution in [0.2, 0.25) is 0 Å². The lowest BCUT2D eigenvalue weighted by Crippen LogP contribution is -2.25. The Morgan fingerprint density at radius 1 is 1.05 bits per heavy atom. The van der Waals surface area contributed by atoms with E-state index in [-0.39, 0.29) is 18.3 Å². The molecule has 0 N–H and O–H groups in total. The first-order valence-electron chi connectivity index (χ1n) is 7.67. The molecule has 22 heavy (non-hydrogen) atoms. The number of nitrogens with zero attached hydrogens (tertiary/aromatic N) is 1. The maximum absolute atomic E-state index is 11.8. The molecule has 0 spiro atoms. The van der Waals surface area contributed by atoms with Crippen LogP contribution < -0.4 is 0 Å². The average molecular weight is 307 g/mol. The van der Waals surface area contributed by atoms with E-state index >= 15 is 0 Å². The summed E-state index contributed by atoms with van der Waals surface area (Å²) in [4.78, 5) is 22.7. The molecule has 5 heteroatoms. The Morgan fingerprint density at radius 2 is 1.68 bits per heavy atom. The molecule has 0 aromatic heterocycles. The Morgan fingerprint density at radius 3 is 2.18 bits per heavy atom. The molecule has 1 aromatic rings. The fourth-order valence-electron chi connectivity index (χ4n) is 2.14. The second kappa shape index (κ2) is 9.30. The van der Waals surface area contributed by atoms with E-state index in [0.29, 0.717) is 12.8 Å². The molecule has 0 saturated heterocycles. The van der Waals surface area contributed by atoms with Crippen molar-refractivity contribution in [2.75, 3.05) is 0 Å². The van der Waals surface area contributed by atoms with Gasteiger partial charge in [0.15, 0.2) is 6.04 Å². The molecule has 0 amide bonds. The molecule has 0 radical (unpaired) electrons. The summed E-state index contributed by atoms with van der Waals surface area (Å²) in [5.74, 6) is -0.568. The second-order valence-corrected chi connectivity index (χ2v) is 5.77. The van der Waals surface area contributed by atoms with Crippen LogP contribution in [0, 0.1) is 4.91 Å². The van der Waals surface area contributed by atoms with Crippen molar-refractivity contribution in [1.29, 1.82) is 0 Å². The Bertz CT molecular complexity index is 459. The molecular formula is C17H25NO4. The number of carbonyl (C=O) groups is 1. The molecule has 5 nitrogen and oxygen atoms in total. The number of hydrogen-bond acceptors (Lipinski definition) is 5. The van der Waals surface area contributed by atoms with Gasteiger partial charge >= 0.3 is 5.97 Å². The minimum absolute atomic E-state index is 0.0514. The highest BCUT2D eigenvalue weighted by atomic mass is 16.5. The van der Waals surface area contributed by atoms with E-state index in [1.54, 1.807) is 13.8 Å². The van der Waals surface area contributed by atoms with Gasteiger partial charge in [0.05, 0.1) is 18.3 Å². The van der Waals surface area contributed by atoms with E-state index in [9.17, 15) is 9.70 Å².